The third-order valence-corrected chi connectivity index (χ3v) is 7.49. The summed E-state index contributed by atoms with van der Waals surface area (Å²) in [5.74, 6) is 1.30. The second-order valence-electron chi connectivity index (χ2n) is 10.2. The molecule has 0 aromatic heterocycles. The van der Waals surface area contributed by atoms with Crippen molar-refractivity contribution in [2.75, 3.05) is 33.2 Å². The van der Waals surface area contributed by atoms with E-state index in [-0.39, 0.29) is 11.7 Å². The maximum absolute atomic E-state index is 13.4. The first-order chi connectivity index (χ1) is 18.6. The predicted octanol–water partition coefficient (Wildman–Crippen LogP) is 5.24. The van der Waals surface area contributed by atoms with Crippen LogP contribution >= 0.6 is 0 Å². The number of nitrogens with zero attached hydrogens (tertiary/aromatic N) is 3. The normalized spacial score (nSPS) is 18.1. The van der Waals surface area contributed by atoms with Crippen molar-refractivity contribution in [1.29, 1.82) is 0 Å². The smallest absolute Gasteiger partial charge is 0.254 e. The lowest BCUT2D eigenvalue weighted by molar-refractivity contribution is -0.114. The summed E-state index contributed by atoms with van der Waals surface area (Å²) in [6, 6.07) is 18.3. The fourth-order valence-corrected chi connectivity index (χ4v) is 5.36. The van der Waals surface area contributed by atoms with Crippen molar-refractivity contribution in [3.05, 3.63) is 120 Å². The van der Waals surface area contributed by atoms with Crippen LogP contribution in [0, 0.1) is 0 Å². The molecule has 2 aromatic rings. The Morgan fingerprint density at radius 2 is 1.79 bits per heavy atom. The number of piperidine rings is 1. The van der Waals surface area contributed by atoms with Gasteiger partial charge in [0, 0.05) is 56.6 Å². The Kier molecular flexibility index (Phi) is 8.19. The number of ether oxygens (including phenoxy) is 1. The highest BCUT2D eigenvalue weighted by molar-refractivity contribution is 5.95. The van der Waals surface area contributed by atoms with Gasteiger partial charge in [0.2, 0.25) is 0 Å². The third-order valence-electron chi connectivity index (χ3n) is 7.49. The Balaban J connectivity index is 1.15. The van der Waals surface area contributed by atoms with Gasteiger partial charge in [0.25, 0.3) is 5.91 Å². The monoisotopic (exact) mass is 509 g/mol. The molecule has 1 amide bonds. The van der Waals surface area contributed by atoms with Crippen LogP contribution in [0.1, 0.15) is 46.7 Å². The molecule has 2 heterocycles. The Morgan fingerprint density at radius 1 is 1.03 bits per heavy atom. The van der Waals surface area contributed by atoms with Gasteiger partial charge in [-0.3, -0.25) is 9.59 Å². The summed E-state index contributed by atoms with van der Waals surface area (Å²) in [5, 5.41) is 0. The lowest BCUT2D eigenvalue weighted by atomic mass is 9.86. The molecule has 1 aliphatic carbocycles. The van der Waals surface area contributed by atoms with E-state index in [4.69, 9.17) is 4.74 Å². The number of hydrogen-bond donors (Lipinski definition) is 0. The summed E-state index contributed by atoms with van der Waals surface area (Å²) < 4.78 is 5.67. The molecule has 0 unspecified atom stereocenters. The van der Waals surface area contributed by atoms with Crippen molar-refractivity contribution in [3.8, 4) is 0 Å². The molecular weight excluding hydrogens is 474 g/mol. The highest BCUT2D eigenvalue weighted by Gasteiger charge is 2.26. The van der Waals surface area contributed by atoms with Crippen LogP contribution in [-0.2, 0) is 16.1 Å². The summed E-state index contributed by atoms with van der Waals surface area (Å²) in [6.07, 6.45) is 13.4. The molecular formula is C32H35N3O3. The molecule has 1 fully saturated rings. The van der Waals surface area contributed by atoms with E-state index in [0.717, 1.165) is 61.5 Å². The summed E-state index contributed by atoms with van der Waals surface area (Å²) in [4.78, 5) is 31.6. The van der Waals surface area contributed by atoms with Crippen LogP contribution in [0.5, 0.6) is 0 Å². The zero-order valence-electron chi connectivity index (χ0n) is 22.0. The standard InChI is InChI=1S/C32H35N3O3/c1-33(23-25-8-3-2-4-9-25)32(37)30-13-6-5-12-29(30)26-14-16-34(17-15-26)18-19-35-20-21-38-31(24-35)27-10-7-11-28(36)22-27/h2-13,20-21,24,26H,14-19,22-23H2,1H3. The van der Waals surface area contributed by atoms with E-state index in [1.165, 1.54) is 5.56 Å². The minimum Gasteiger partial charge on any atom is -0.462 e. The second-order valence-corrected chi connectivity index (χ2v) is 10.2. The first-order valence-corrected chi connectivity index (χ1v) is 13.4. The van der Waals surface area contributed by atoms with Crippen molar-refractivity contribution < 1.29 is 14.3 Å². The van der Waals surface area contributed by atoms with Crippen molar-refractivity contribution >= 4 is 11.7 Å². The molecule has 6 nitrogen and oxygen atoms in total. The van der Waals surface area contributed by atoms with Crippen LogP contribution in [0.3, 0.4) is 0 Å². The van der Waals surface area contributed by atoms with E-state index < -0.39 is 0 Å². The van der Waals surface area contributed by atoms with Crippen LogP contribution in [0.2, 0.25) is 0 Å². The summed E-state index contributed by atoms with van der Waals surface area (Å²) in [6.45, 7) is 4.40. The SMILES string of the molecule is CN(Cc1ccccc1)C(=O)c1ccccc1C1CCN(CCN2C=COC(C3=CC=CC(=O)C3)=C2)CC1. The summed E-state index contributed by atoms with van der Waals surface area (Å²) in [5.41, 5.74) is 4.04. The topological polar surface area (TPSA) is 53.1 Å². The molecule has 0 radical (unpaired) electrons. The average Bonchev–Trinajstić information content (AvgIpc) is 2.97. The van der Waals surface area contributed by atoms with Gasteiger partial charge in [0.1, 0.15) is 12.0 Å². The average molecular weight is 510 g/mol. The minimum absolute atomic E-state index is 0.0823. The fraction of sp³-hybridized carbons (Fsp3) is 0.312. The Labute approximate surface area is 225 Å². The Hall–Kier alpha value is -3.90. The van der Waals surface area contributed by atoms with Gasteiger partial charge in [0.15, 0.2) is 5.78 Å². The predicted molar refractivity (Wildman–Crippen MR) is 149 cm³/mol. The maximum atomic E-state index is 13.4. The number of likely N-dealkylation sites (tertiary alicyclic amines) is 1. The molecule has 6 heteroatoms. The molecule has 0 spiro atoms. The first kappa shape index (κ1) is 25.7. The number of benzene rings is 2. The van der Waals surface area contributed by atoms with E-state index in [1.807, 2.05) is 60.8 Å². The second kappa shape index (κ2) is 12.1. The quantitative estimate of drug-likeness (QED) is 0.487. The van der Waals surface area contributed by atoms with Gasteiger partial charge in [0.05, 0.1) is 0 Å². The lowest BCUT2D eigenvalue weighted by Crippen LogP contribution is -2.38. The van der Waals surface area contributed by atoms with Crippen molar-refractivity contribution in [1.82, 2.24) is 14.7 Å². The molecule has 1 saturated heterocycles. The van der Waals surface area contributed by atoms with Crippen molar-refractivity contribution in [3.63, 3.8) is 0 Å². The van der Waals surface area contributed by atoms with E-state index in [9.17, 15) is 9.59 Å². The third kappa shape index (κ3) is 6.32. The van der Waals surface area contributed by atoms with Crippen LogP contribution in [0.4, 0.5) is 0 Å². The maximum Gasteiger partial charge on any atom is 0.254 e. The Bertz CT molecular complexity index is 1270. The van der Waals surface area contributed by atoms with Gasteiger partial charge in [-0.25, -0.2) is 0 Å². The minimum atomic E-state index is 0.0823. The lowest BCUT2D eigenvalue weighted by Gasteiger charge is -2.34. The first-order valence-electron chi connectivity index (χ1n) is 13.4. The van der Waals surface area contributed by atoms with Gasteiger partial charge in [-0.15, -0.1) is 0 Å². The number of carbonyl (C=O) groups is 2. The van der Waals surface area contributed by atoms with E-state index >= 15 is 0 Å². The molecule has 3 aliphatic rings. The van der Waals surface area contributed by atoms with Gasteiger partial charge >= 0.3 is 0 Å². The zero-order valence-corrected chi connectivity index (χ0v) is 22.0. The molecule has 2 aromatic carbocycles. The number of rotatable bonds is 8. The van der Waals surface area contributed by atoms with Gasteiger partial charge in [-0.1, -0.05) is 60.7 Å². The number of hydrogen-bond acceptors (Lipinski definition) is 5. The van der Waals surface area contributed by atoms with Gasteiger partial charge in [-0.05, 0) is 55.1 Å². The highest BCUT2D eigenvalue weighted by Crippen LogP contribution is 2.31. The summed E-state index contributed by atoms with van der Waals surface area (Å²) in [7, 11) is 1.88. The molecule has 38 heavy (non-hydrogen) atoms. The molecule has 2 aliphatic heterocycles. The van der Waals surface area contributed by atoms with Crippen molar-refractivity contribution in [2.45, 2.75) is 31.7 Å². The molecule has 0 atom stereocenters. The van der Waals surface area contributed by atoms with E-state index in [1.54, 1.807) is 18.4 Å². The molecule has 0 bridgehead atoms. The number of ketones is 1. The van der Waals surface area contributed by atoms with Crippen LogP contribution < -0.4 is 0 Å². The highest BCUT2D eigenvalue weighted by atomic mass is 16.5. The van der Waals surface area contributed by atoms with Gasteiger partial charge < -0.3 is 19.4 Å². The zero-order chi connectivity index (χ0) is 26.3. The van der Waals surface area contributed by atoms with Crippen LogP contribution in [0.15, 0.2) is 103 Å². The number of amides is 1. The molecule has 0 N–H and O–H groups in total. The molecule has 5 rings (SSSR count). The van der Waals surface area contributed by atoms with Crippen LogP contribution in [-0.4, -0.2) is 59.6 Å². The largest absolute Gasteiger partial charge is 0.462 e. The van der Waals surface area contributed by atoms with Crippen molar-refractivity contribution in [2.24, 2.45) is 0 Å². The number of carbonyl (C=O) groups excluding carboxylic acids is 2. The summed E-state index contributed by atoms with van der Waals surface area (Å²) >= 11 is 0. The molecule has 0 saturated carbocycles. The number of allylic oxidation sites excluding steroid dienone is 4. The van der Waals surface area contributed by atoms with Gasteiger partial charge in [-0.2, -0.15) is 0 Å². The van der Waals surface area contributed by atoms with E-state index in [0.29, 0.717) is 18.9 Å². The van der Waals surface area contributed by atoms with Crippen LogP contribution in [0.25, 0.3) is 0 Å². The molecule has 196 valence electrons. The fourth-order valence-electron chi connectivity index (χ4n) is 5.36. The Morgan fingerprint density at radius 3 is 2.58 bits per heavy atom. The van der Waals surface area contributed by atoms with E-state index in [2.05, 4.69) is 34.1 Å².